The molecule has 1 aromatic rings. The SMILES string of the molecule is C/C(=C\c1cc(F)c(C2CCCCC(CO)N2)nc1C)C(C)(C)C. The molecular formula is C20H31FN2O. The second-order valence-corrected chi connectivity index (χ2v) is 7.99. The first-order valence-corrected chi connectivity index (χ1v) is 8.95. The third-order valence-corrected chi connectivity index (χ3v) is 5.07. The summed E-state index contributed by atoms with van der Waals surface area (Å²) >= 11 is 0. The first kappa shape index (κ1) is 19.1. The van der Waals surface area contributed by atoms with E-state index in [-0.39, 0.29) is 29.9 Å². The number of pyridine rings is 1. The van der Waals surface area contributed by atoms with Gasteiger partial charge < -0.3 is 10.4 Å². The Morgan fingerprint density at radius 1 is 1.38 bits per heavy atom. The van der Waals surface area contributed by atoms with Gasteiger partial charge in [-0.3, -0.25) is 4.98 Å². The molecule has 0 saturated carbocycles. The highest BCUT2D eigenvalue weighted by Gasteiger charge is 2.24. The Hall–Kier alpha value is -1.26. The molecule has 0 spiro atoms. The zero-order valence-electron chi connectivity index (χ0n) is 15.6. The molecule has 0 aromatic carbocycles. The van der Waals surface area contributed by atoms with E-state index in [1.807, 2.05) is 13.0 Å². The van der Waals surface area contributed by atoms with Crippen molar-refractivity contribution < 1.29 is 9.50 Å². The molecule has 1 saturated heterocycles. The van der Waals surface area contributed by atoms with Crippen LogP contribution in [-0.4, -0.2) is 22.7 Å². The third-order valence-electron chi connectivity index (χ3n) is 5.07. The van der Waals surface area contributed by atoms with Crippen LogP contribution in [0.2, 0.25) is 0 Å². The lowest BCUT2D eigenvalue weighted by molar-refractivity contribution is 0.228. The molecule has 2 N–H and O–H groups in total. The second kappa shape index (κ2) is 7.75. The minimum atomic E-state index is -0.260. The maximum atomic E-state index is 14.7. The zero-order chi connectivity index (χ0) is 17.9. The van der Waals surface area contributed by atoms with Crippen molar-refractivity contribution in [1.29, 1.82) is 0 Å². The molecule has 4 heteroatoms. The predicted octanol–water partition coefficient (Wildman–Crippen LogP) is 4.54. The first-order chi connectivity index (χ1) is 11.2. The van der Waals surface area contributed by atoms with Crippen molar-refractivity contribution in [3.63, 3.8) is 0 Å². The summed E-state index contributed by atoms with van der Waals surface area (Å²) in [6.45, 7) is 10.5. The number of hydrogen-bond donors (Lipinski definition) is 2. The van der Waals surface area contributed by atoms with E-state index in [1.165, 1.54) is 5.57 Å². The standard InChI is InChI=1S/C20H31FN2O/c1-13(20(3,4)5)10-15-11-17(21)19(22-14(15)2)18-9-7-6-8-16(12-24)23-18/h10-11,16,18,23-24H,6-9,12H2,1-5H3/b13-10+. The van der Waals surface area contributed by atoms with Crippen LogP contribution in [0.5, 0.6) is 0 Å². The van der Waals surface area contributed by atoms with Crippen molar-refractivity contribution in [2.45, 2.75) is 72.4 Å². The molecule has 2 unspecified atom stereocenters. The Morgan fingerprint density at radius 2 is 2.04 bits per heavy atom. The Bertz CT molecular complexity index is 604. The van der Waals surface area contributed by atoms with E-state index >= 15 is 0 Å². The van der Waals surface area contributed by atoms with Gasteiger partial charge in [0.2, 0.25) is 0 Å². The Labute approximate surface area is 145 Å². The van der Waals surface area contributed by atoms with Crippen LogP contribution in [0.3, 0.4) is 0 Å². The van der Waals surface area contributed by atoms with Gasteiger partial charge in [-0.1, -0.05) is 45.3 Å². The fourth-order valence-electron chi connectivity index (χ4n) is 3.00. The van der Waals surface area contributed by atoms with Crippen molar-refractivity contribution >= 4 is 6.08 Å². The molecule has 2 heterocycles. The minimum absolute atomic E-state index is 0.0294. The molecular weight excluding hydrogens is 303 g/mol. The van der Waals surface area contributed by atoms with Gasteiger partial charge >= 0.3 is 0 Å². The average molecular weight is 334 g/mol. The normalized spacial score (nSPS) is 23.2. The fourth-order valence-corrected chi connectivity index (χ4v) is 3.00. The minimum Gasteiger partial charge on any atom is -0.395 e. The van der Waals surface area contributed by atoms with E-state index in [1.54, 1.807) is 6.07 Å². The maximum Gasteiger partial charge on any atom is 0.146 e. The van der Waals surface area contributed by atoms with Gasteiger partial charge in [0.25, 0.3) is 0 Å². The molecule has 3 nitrogen and oxygen atoms in total. The average Bonchev–Trinajstić information content (AvgIpc) is 2.75. The largest absolute Gasteiger partial charge is 0.395 e. The van der Waals surface area contributed by atoms with Crippen LogP contribution >= 0.6 is 0 Å². The third kappa shape index (κ3) is 4.64. The number of allylic oxidation sites excluding steroid dienone is 1. The monoisotopic (exact) mass is 334 g/mol. The molecule has 1 aliphatic rings. The van der Waals surface area contributed by atoms with Gasteiger partial charge in [0.1, 0.15) is 5.82 Å². The molecule has 0 bridgehead atoms. The van der Waals surface area contributed by atoms with E-state index in [9.17, 15) is 9.50 Å². The van der Waals surface area contributed by atoms with E-state index in [4.69, 9.17) is 0 Å². The summed E-state index contributed by atoms with van der Waals surface area (Å²) < 4.78 is 14.7. The number of halogens is 1. The number of nitrogens with zero attached hydrogens (tertiary/aromatic N) is 1. The molecule has 0 amide bonds. The number of nitrogens with one attached hydrogen (secondary N) is 1. The summed E-state index contributed by atoms with van der Waals surface area (Å²) in [6, 6.07) is 1.51. The van der Waals surface area contributed by atoms with Crippen LogP contribution in [0.15, 0.2) is 11.6 Å². The van der Waals surface area contributed by atoms with Gasteiger partial charge in [0, 0.05) is 11.7 Å². The van der Waals surface area contributed by atoms with Gasteiger partial charge in [0.15, 0.2) is 0 Å². The summed E-state index contributed by atoms with van der Waals surface area (Å²) in [4.78, 5) is 4.58. The van der Waals surface area contributed by atoms with E-state index in [0.29, 0.717) is 5.69 Å². The van der Waals surface area contributed by atoms with Gasteiger partial charge in [-0.05, 0) is 43.7 Å². The summed E-state index contributed by atoms with van der Waals surface area (Å²) in [6.07, 6.45) is 5.90. The van der Waals surface area contributed by atoms with Gasteiger partial charge in [-0.2, -0.15) is 0 Å². The van der Waals surface area contributed by atoms with E-state index < -0.39 is 0 Å². The lowest BCUT2D eigenvalue weighted by Crippen LogP contribution is -2.35. The van der Waals surface area contributed by atoms with Crippen molar-refractivity contribution in [2.24, 2.45) is 5.41 Å². The van der Waals surface area contributed by atoms with Crippen LogP contribution in [0.25, 0.3) is 6.08 Å². The molecule has 0 radical (unpaired) electrons. The maximum absolute atomic E-state index is 14.7. The van der Waals surface area contributed by atoms with Gasteiger partial charge in [0.05, 0.1) is 18.3 Å². The summed E-state index contributed by atoms with van der Waals surface area (Å²) in [5.41, 5.74) is 3.43. The number of aliphatic hydroxyl groups excluding tert-OH is 1. The molecule has 1 fully saturated rings. The summed E-state index contributed by atoms with van der Waals surface area (Å²) in [5, 5.41) is 12.8. The van der Waals surface area contributed by atoms with Crippen molar-refractivity contribution in [1.82, 2.24) is 10.3 Å². The molecule has 2 atom stereocenters. The molecule has 0 aliphatic carbocycles. The Balaban J connectivity index is 2.32. The number of aliphatic hydroxyl groups is 1. The molecule has 24 heavy (non-hydrogen) atoms. The van der Waals surface area contributed by atoms with Crippen LogP contribution in [0, 0.1) is 18.2 Å². The highest BCUT2D eigenvalue weighted by atomic mass is 19.1. The second-order valence-electron chi connectivity index (χ2n) is 7.99. The number of hydrogen-bond acceptors (Lipinski definition) is 3. The predicted molar refractivity (Wildman–Crippen MR) is 97.3 cm³/mol. The van der Waals surface area contributed by atoms with Gasteiger partial charge in [-0.25, -0.2) is 4.39 Å². The van der Waals surface area contributed by atoms with Crippen molar-refractivity contribution in [3.05, 3.63) is 34.4 Å². The number of aromatic nitrogens is 1. The van der Waals surface area contributed by atoms with Crippen LogP contribution in [-0.2, 0) is 0 Å². The van der Waals surface area contributed by atoms with Crippen LogP contribution in [0.1, 0.15) is 76.4 Å². The molecule has 2 rings (SSSR count). The zero-order valence-corrected chi connectivity index (χ0v) is 15.6. The lowest BCUT2D eigenvalue weighted by atomic mass is 9.86. The van der Waals surface area contributed by atoms with Crippen molar-refractivity contribution in [3.8, 4) is 0 Å². The van der Waals surface area contributed by atoms with Crippen LogP contribution in [0.4, 0.5) is 4.39 Å². The Morgan fingerprint density at radius 3 is 2.67 bits per heavy atom. The molecule has 1 aliphatic heterocycles. The van der Waals surface area contributed by atoms with E-state index in [2.05, 4.69) is 38.0 Å². The van der Waals surface area contributed by atoms with E-state index in [0.717, 1.165) is 36.9 Å². The van der Waals surface area contributed by atoms with Gasteiger partial charge in [-0.15, -0.1) is 0 Å². The van der Waals surface area contributed by atoms with Crippen molar-refractivity contribution in [2.75, 3.05) is 6.61 Å². The highest BCUT2D eigenvalue weighted by molar-refractivity contribution is 5.56. The quantitative estimate of drug-likeness (QED) is 0.853. The summed E-state index contributed by atoms with van der Waals surface area (Å²) in [7, 11) is 0. The lowest BCUT2D eigenvalue weighted by Gasteiger charge is -2.22. The van der Waals surface area contributed by atoms with Crippen LogP contribution < -0.4 is 5.32 Å². The fraction of sp³-hybridized carbons (Fsp3) is 0.650. The Kier molecular flexibility index (Phi) is 6.16. The summed E-state index contributed by atoms with van der Waals surface area (Å²) in [5.74, 6) is -0.260. The smallest absolute Gasteiger partial charge is 0.146 e. The number of rotatable bonds is 3. The topological polar surface area (TPSA) is 45.1 Å². The highest BCUT2D eigenvalue weighted by Crippen LogP contribution is 2.30. The number of aryl methyl sites for hydroxylation is 1. The first-order valence-electron chi connectivity index (χ1n) is 8.95. The molecule has 134 valence electrons. The molecule has 1 aromatic heterocycles.